The van der Waals surface area contributed by atoms with Crippen LogP contribution in [0, 0.1) is 5.82 Å². The predicted molar refractivity (Wildman–Crippen MR) is 128 cm³/mol. The number of ether oxygens (including phenoxy) is 1. The minimum absolute atomic E-state index is 0.104. The summed E-state index contributed by atoms with van der Waals surface area (Å²) >= 11 is 0. The highest BCUT2D eigenvalue weighted by molar-refractivity contribution is 7.89. The summed E-state index contributed by atoms with van der Waals surface area (Å²) < 4.78 is 46.6. The van der Waals surface area contributed by atoms with Gasteiger partial charge in [-0.05, 0) is 41.7 Å². The third kappa shape index (κ3) is 5.54. The van der Waals surface area contributed by atoms with Crippen LogP contribution in [0.1, 0.15) is 44.2 Å². The molecule has 1 aliphatic heterocycles. The van der Waals surface area contributed by atoms with Gasteiger partial charge in [-0.1, -0.05) is 45.0 Å². The van der Waals surface area contributed by atoms with E-state index in [0.717, 1.165) is 5.56 Å². The van der Waals surface area contributed by atoms with Crippen LogP contribution in [0.4, 0.5) is 10.3 Å². The number of anilines is 1. The number of imidazole rings is 1. The Labute approximate surface area is 194 Å². The zero-order valence-electron chi connectivity index (χ0n) is 19.2. The predicted octanol–water partition coefficient (Wildman–Crippen LogP) is 4.25. The quantitative estimate of drug-likeness (QED) is 0.484. The van der Waals surface area contributed by atoms with Gasteiger partial charge in [0, 0.05) is 13.1 Å². The molecular formula is C24H31FN4O3S. The lowest BCUT2D eigenvalue weighted by Gasteiger charge is -2.20. The summed E-state index contributed by atoms with van der Waals surface area (Å²) in [7, 11) is -3.36. The molecule has 2 atom stereocenters. The maximum absolute atomic E-state index is 13.5. The highest BCUT2D eigenvalue weighted by atomic mass is 32.2. The van der Waals surface area contributed by atoms with Gasteiger partial charge in [0.2, 0.25) is 16.0 Å². The molecule has 9 heteroatoms. The number of benzene rings is 2. The normalized spacial score (nSPS) is 19.5. The molecule has 1 aromatic heterocycles. The van der Waals surface area contributed by atoms with Crippen LogP contribution in [0.3, 0.4) is 0 Å². The van der Waals surface area contributed by atoms with Crippen LogP contribution in [0.2, 0.25) is 0 Å². The van der Waals surface area contributed by atoms with Gasteiger partial charge in [-0.25, -0.2) is 17.8 Å². The Morgan fingerprint density at radius 2 is 1.97 bits per heavy atom. The third-order valence-electron chi connectivity index (χ3n) is 5.96. The molecule has 3 aromatic rings. The van der Waals surface area contributed by atoms with Crippen LogP contribution < -0.4 is 5.32 Å². The molecule has 0 amide bonds. The first-order chi connectivity index (χ1) is 15.7. The molecule has 7 nitrogen and oxygen atoms in total. The van der Waals surface area contributed by atoms with Gasteiger partial charge in [0.15, 0.2) is 0 Å². The molecule has 0 saturated carbocycles. The first-order valence-corrected chi connectivity index (χ1v) is 13.0. The Morgan fingerprint density at radius 3 is 2.67 bits per heavy atom. The molecule has 0 aliphatic carbocycles. The Kier molecular flexibility index (Phi) is 7.02. The topological polar surface area (TPSA) is 87.3 Å². The number of fused-ring (bicyclic) bond motifs is 1. The summed E-state index contributed by atoms with van der Waals surface area (Å²) in [5, 5.41) is 3.28. The third-order valence-corrected chi connectivity index (χ3v) is 7.97. The van der Waals surface area contributed by atoms with E-state index in [1.54, 1.807) is 6.07 Å². The van der Waals surface area contributed by atoms with Crippen LogP contribution in [0.25, 0.3) is 11.0 Å². The number of halogens is 1. The first-order valence-electron chi connectivity index (χ1n) is 11.3. The van der Waals surface area contributed by atoms with E-state index >= 15 is 0 Å². The molecule has 1 saturated heterocycles. The van der Waals surface area contributed by atoms with Crippen LogP contribution in [0.5, 0.6) is 0 Å². The molecule has 2 N–H and O–H groups in total. The number of rotatable bonds is 9. The standard InChI is InChI=1S/C24H31FN4O3S/c1-4-11-33(30,31)29-13-22(28-24-26-20-10-9-19(25)12-21(20)27-24)23(14-29)32-15-17-5-7-18(8-6-17)16(2)3/h5-10,12,16,22-23H,4,11,13-15H2,1-3H3,(H2,26,27,28)/t22-,23-/m0/s1. The average molecular weight is 475 g/mol. The van der Waals surface area contributed by atoms with Crippen LogP contribution in [-0.2, 0) is 21.4 Å². The lowest BCUT2D eigenvalue weighted by atomic mass is 10.0. The van der Waals surface area contributed by atoms with Gasteiger partial charge in [0.1, 0.15) is 5.82 Å². The number of sulfonamides is 1. The van der Waals surface area contributed by atoms with Gasteiger partial charge in [0.25, 0.3) is 0 Å². The van der Waals surface area contributed by atoms with Crippen molar-refractivity contribution >= 4 is 27.0 Å². The van der Waals surface area contributed by atoms with E-state index in [-0.39, 0.29) is 36.8 Å². The Hall–Kier alpha value is -2.49. The average Bonchev–Trinajstić information content (AvgIpc) is 3.36. The van der Waals surface area contributed by atoms with Gasteiger partial charge in [-0.3, -0.25) is 0 Å². The molecule has 4 rings (SSSR count). The molecule has 0 spiro atoms. The maximum atomic E-state index is 13.5. The number of hydrogen-bond donors (Lipinski definition) is 2. The van der Waals surface area contributed by atoms with Gasteiger partial charge in [-0.2, -0.15) is 4.31 Å². The minimum Gasteiger partial charge on any atom is -0.370 e. The van der Waals surface area contributed by atoms with E-state index in [4.69, 9.17) is 4.74 Å². The van der Waals surface area contributed by atoms with E-state index in [0.29, 0.717) is 35.9 Å². The van der Waals surface area contributed by atoms with Crippen molar-refractivity contribution in [3.05, 3.63) is 59.4 Å². The van der Waals surface area contributed by atoms with Crippen molar-refractivity contribution in [2.24, 2.45) is 0 Å². The summed E-state index contributed by atoms with van der Waals surface area (Å²) in [4.78, 5) is 7.53. The number of aromatic amines is 1. The summed E-state index contributed by atoms with van der Waals surface area (Å²) in [5.41, 5.74) is 3.51. The van der Waals surface area contributed by atoms with Crippen molar-refractivity contribution in [1.82, 2.24) is 14.3 Å². The van der Waals surface area contributed by atoms with Gasteiger partial charge in [-0.15, -0.1) is 0 Å². The number of H-pyrrole nitrogens is 1. The van der Waals surface area contributed by atoms with E-state index in [1.165, 1.54) is 22.0 Å². The van der Waals surface area contributed by atoms with E-state index in [9.17, 15) is 12.8 Å². The second-order valence-corrected chi connectivity index (χ2v) is 11.0. The highest BCUT2D eigenvalue weighted by Gasteiger charge is 2.39. The molecule has 178 valence electrons. The number of nitrogens with one attached hydrogen (secondary N) is 2. The Balaban J connectivity index is 1.50. The molecule has 2 aromatic carbocycles. The molecule has 0 unspecified atom stereocenters. The van der Waals surface area contributed by atoms with E-state index in [2.05, 4.69) is 41.3 Å². The SMILES string of the molecule is CCCS(=O)(=O)N1C[C@H](Nc2nc3ccc(F)cc3[nH]2)[C@@H](OCc2ccc(C(C)C)cc2)C1. The van der Waals surface area contributed by atoms with Crippen molar-refractivity contribution < 1.29 is 17.5 Å². The first kappa shape index (κ1) is 23.7. The lowest BCUT2D eigenvalue weighted by molar-refractivity contribution is 0.0452. The zero-order chi connectivity index (χ0) is 23.6. The van der Waals surface area contributed by atoms with Crippen LogP contribution >= 0.6 is 0 Å². The largest absolute Gasteiger partial charge is 0.370 e. The summed E-state index contributed by atoms with van der Waals surface area (Å²) in [6.45, 7) is 7.10. The smallest absolute Gasteiger partial charge is 0.214 e. The van der Waals surface area contributed by atoms with Crippen molar-refractivity contribution in [3.8, 4) is 0 Å². The minimum atomic E-state index is -3.36. The monoisotopic (exact) mass is 474 g/mol. The fourth-order valence-electron chi connectivity index (χ4n) is 4.09. The molecule has 0 bridgehead atoms. The zero-order valence-corrected chi connectivity index (χ0v) is 20.0. The van der Waals surface area contributed by atoms with Crippen molar-refractivity contribution in [2.75, 3.05) is 24.2 Å². The number of aromatic nitrogens is 2. The fraction of sp³-hybridized carbons (Fsp3) is 0.458. The molecule has 0 radical (unpaired) electrons. The molecule has 2 heterocycles. The molecule has 33 heavy (non-hydrogen) atoms. The van der Waals surface area contributed by atoms with Crippen molar-refractivity contribution in [1.29, 1.82) is 0 Å². The van der Waals surface area contributed by atoms with Gasteiger partial charge < -0.3 is 15.0 Å². The van der Waals surface area contributed by atoms with E-state index < -0.39 is 10.0 Å². The summed E-state index contributed by atoms with van der Waals surface area (Å²) in [6.07, 6.45) is 0.200. The second kappa shape index (κ2) is 9.79. The van der Waals surface area contributed by atoms with Gasteiger partial charge in [0.05, 0.1) is 35.5 Å². The van der Waals surface area contributed by atoms with Crippen molar-refractivity contribution in [2.45, 2.75) is 51.9 Å². The molecular weight excluding hydrogens is 443 g/mol. The lowest BCUT2D eigenvalue weighted by Crippen LogP contribution is -2.35. The van der Waals surface area contributed by atoms with Crippen LogP contribution in [-0.4, -0.2) is 53.7 Å². The summed E-state index contributed by atoms with van der Waals surface area (Å²) in [6, 6.07) is 12.3. The Morgan fingerprint density at radius 1 is 1.21 bits per heavy atom. The second-order valence-electron chi connectivity index (χ2n) is 8.88. The highest BCUT2D eigenvalue weighted by Crippen LogP contribution is 2.24. The summed E-state index contributed by atoms with van der Waals surface area (Å²) in [5.74, 6) is 0.677. The van der Waals surface area contributed by atoms with Crippen LogP contribution in [0.15, 0.2) is 42.5 Å². The number of hydrogen-bond acceptors (Lipinski definition) is 5. The molecule has 1 fully saturated rings. The maximum Gasteiger partial charge on any atom is 0.214 e. The molecule has 1 aliphatic rings. The fourth-order valence-corrected chi connectivity index (χ4v) is 5.62. The number of nitrogens with zero attached hydrogens (tertiary/aromatic N) is 2. The Bertz CT molecular complexity index is 1190. The van der Waals surface area contributed by atoms with Gasteiger partial charge >= 0.3 is 0 Å². The van der Waals surface area contributed by atoms with E-state index in [1.807, 2.05) is 19.1 Å². The van der Waals surface area contributed by atoms with Crippen molar-refractivity contribution in [3.63, 3.8) is 0 Å².